The lowest BCUT2D eigenvalue weighted by atomic mass is 9.70. The van der Waals surface area contributed by atoms with Gasteiger partial charge in [-0.05, 0) is 74.2 Å². The van der Waals surface area contributed by atoms with Crippen molar-refractivity contribution in [2.24, 2.45) is 11.8 Å². The fourth-order valence-corrected chi connectivity index (χ4v) is 3.65. The van der Waals surface area contributed by atoms with E-state index < -0.39 is 0 Å². The molecule has 2 heteroatoms. The lowest BCUT2D eigenvalue weighted by Crippen LogP contribution is -2.32. The Bertz CT molecular complexity index is 400. The number of rotatable bonds is 6. The van der Waals surface area contributed by atoms with Gasteiger partial charge in [-0.15, -0.1) is 0 Å². The molecule has 1 heterocycles. The highest BCUT2D eigenvalue weighted by atomic mass is 14.9. The normalized spacial score (nSPS) is 26.6. The van der Waals surface area contributed by atoms with Gasteiger partial charge in [0.2, 0.25) is 0 Å². The van der Waals surface area contributed by atoms with Crippen LogP contribution in [0, 0.1) is 18.8 Å². The zero-order valence-electron chi connectivity index (χ0n) is 13.4. The molecule has 20 heavy (non-hydrogen) atoms. The van der Waals surface area contributed by atoms with E-state index in [-0.39, 0.29) is 0 Å². The van der Waals surface area contributed by atoms with E-state index in [4.69, 9.17) is 0 Å². The maximum atomic E-state index is 4.38. The molecule has 2 nitrogen and oxygen atoms in total. The van der Waals surface area contributed by atoms with Crippen molar-refractivity contribution in [3.63, 3.8) is 0 Å². The monoisotopic (exact) mass is 274 g/mol. The molecule has 0 bridgehead atoms. The fourth-order valence-electron chi connectivity index (χ4n) is 3.65. The Morgan fingerprint density at radius 2 is 2.15 bits per heavy atom. The predicted octanol–water partition coefficient (Wildman–Crippen LogP) is 4.30. The van der Waals surface area contributed by atoms with Crippen molar-refractivity contribution in [1.82, 2.24) is 10.3 Å². The Hall–Kier alpha value is -0.890. The van der Waals surface area contributed by atoms with E-state index >= 15 is 0 Å². The van der Waals surface area contributed by atoms with Crippen LogP contribution in [0.5, 0.6) is 0 Å². The molecule has 0 saturated heterocycles. The largest absolute Gasteiger partial charge is 0.316 e. The molecule has 1 fully saturated rings. The van der Waals surface area contributed by atoms with Crippen LogP contribution in [0.3, 0.4) is 0 Å². The van der Waals surface area contributed by atoms with E-state index in [1.54, 1.807) is 0 Å². The SMILES string of the molecule is CCCNCC1CCC(CC)CC1c1cnccc1C. The molecule has 3 unspecified atom stereocenters. The lowest BCUT2D eigenvalue weighted by molar-refractivity contribution is 0.225. The number of nitrogens with one attached hydrogen (secondary N) is 1. The molecule has 3 atom stereocenters. The van der Waals surface area contributed by atoms with Crippen molar-refractivity contribution in [1.29, 1.82) is 0 Å². The van der Waals surface area contributed by atoms with Gasteiger partial charge in [-0.25, -0.2) is 0 Å². The molecule has 1 aliphatic rings. The zero-order valence-corrected chi connectivity index (χ0v) is 13.4. The second-order valence-corrected chi connectivity index (χ2v) is 6.39. The minimum atomic E-state index is 0.701. The third-order valence-corrected chi connectivity index (χ3v) is 4.99. The molecule has 1 aromatic heterocycles. The molecule has 0 aliphatic heterocycles. The molecule has 1 aliphatic carbocycles. The maximum Gasteiger partial charge on any atom is 0.0305 e. The Morgan fingerprint density at radius 3 is 2.85 bits per heavy atom. The van der Waals surface area contributed by atoms with Crippen molar-refractivity contribution in [3.8, 4) is 0 Å². The van der Waals surface area contributed by atoms with Crippen molar-refractivity contribution in [2.45, 2.75) is 58.8 Å². The van der Waals surface area contributed by atoms with Gasteiger partial charge in [0.15, 0.2) is 0 Å². The van der Waals surface area contributed by atoms with Crippen LogP contribution in [0.15, 0.2) is 18.5 Å². The molecule has 112 valence electrons. The summed E-state index contributed by atoms with van der Waals surface area (Å²) in [6.07, 6.45) is 10.7. The third-order valence-electron chi connectivity index (χ3n) is 4.99. The van der Waals surface area contributed by atoms with Crippen molar-refractivity contribution in [3.05, 3.63) is 29.6 Å². The van der Waals surface area contributed by atoms with Crippen LogP contribution in [0.2, 0.25) is 0 Å². The van der Waals surface area contributed by atoms with E-state index in [0.29, 0.717) is 5.92 Å². The van der Waals surface area contributed by atoms with Gasteiger partial charge < -0.3 is 5.32 Å². The maximum absolute atomic E-state index is 4.38. The molecule has 0 spiro atoms. The van der Waals surface area contributed by atoms with Gasteiger partial charge in [0, 0.05) is 12.4 Å². The highest BCUT2D eigenvalue weighted by Gasteiger charge is 2.31. The summed E-state index contributed by atoms with van der Waals surface area (Å²) in [4.78, 5) is 4.38. The second kappa shape index (κ2) is 7.78. The Labute approximate surface area is 124 Å². The van der Waals surface area contributed by atoms with Gasteiger partial charge in [0.1, 0.15) is 0 Å². The number of nitrogens with zero attached hydrogens (tertiary/aromatic N) is 1. The number of hydrogen-bond acceptors (Lipinski definition) is 2. The lowest BCUT2D eigenvalue weighted by Gasteiger charge is -2.37. The molecule has 1 aromatic rings. The average molecular weight is 274 g/mol. The summed E-state index contributed by atoms with van der Waals surface area (Å²) in [5.74, 6) is 2.39. The summed E-state index contributed by atoms with van der Waals surface area (Å²) in [6, 6.07) is 2.17. The van der Waals surface area contributed by atoms with Gasteiger partial charge in [-0.2, -0.15) is 0 Å². The minimum Gasteiger partial charge on any atom is -0.316 e. The molecule has 1 saturated carbocycles. The first-order valence-corrected chi connectivity index (χ1v) is 8.37. The summed E-state index contributed by atoms with van der Waals surface area (Å²) in [6.45, 7) is 9.13. The first kappa shape index (κ1) is 15.5. The van der Waals surface area contributed by atoms with Gasteiger partial charge >= 0.3 is 0 Å². The van der Waals surface area contributed by atoms with Crippen LogP contribution < -0.4 is 5.32 Å². The van der Waals surface area contributed by atoms with Crippen LogP contribution in [0.4, 0.5) is 0 Å². The number of pyridine rings is 1. The highest BCUT2D eigenvalue weighted by Crippen LogP contribution is 2.42. The van der Waals surface area contributed by atoms with E-state index in [1.165, 1.54) is 49.8 Å². The molecular formula is C18H30N2. The van der Waals surface area contributed by atoms with E-state index in [0.717, 1.165) is 18.4 Å². The summed E-state index contributed by atoms with van der Waals surface area (Å²) in [7, 11) is 0. The van der Waals surface area contributed by atoms with Crippen LogP contribution in [-0.2, 0) is 0 Å². The van der Waals surface area contributed by atoms with Crippen LogP contribution in [0.1, 0.15) is 63.0 Å². The molecule has 0 amide bonds. The zero-order chi connectivity index (χ0) is 14.4. The van der Waals surface area contributed by atoms with Gasteiger partial charge in [0.25, 0.3) is 0 Å². The Kier molecular flexibility index (Phi) is 6.03. The van der Waals surface area contributed by atoms with E-state index in [1.807, 2.05) is 6.20 Å². The quantitative estimate of drug-likeness (QED) is 0.782. The smallest absolute Gasteiger partial charge is 0.0305 e. The topological polar surface area (TPSA) is 24.9 Å². The van der Waals surface area contributed by atoms with Crippen LogP contribution >= 0.6 is 0 Å². The van der Waals surface area contributed by atoms with Gasteiger partial charge in [0.05, 0.1) is 0 Å². The van der Waals surface area contributed by atoms with Crippen LogP contribution in [-0.4, -0.2) is 18.1 Å². The van der Waals surface area contributed by atoms with E-state index in [2.05, 4.69) is 43.3 Å². The standard InChI is InChI=1S/C18H30N2/c1-4-9-19-12-16-7-6-15(5-2)11-17(16)18-13-20-10-8-14(18)3/h8,10,13,15-17,19H,4-7,9,11-12H2,1-3H3. The summed E-state index contributed by atoms with van der Waals surface area (Å²) >= 11 is 0. The highest BCUT2D eigenvalue weighted by molar-refractivity contribution is 5.27. The Morgan fingerprint density at radius 1 is 1.30 bits per heavy atom. The first-order chi connectivity index (χ1) is 9.76. The fraction of sp³-hybridized carbons (Fsp3) is 0.722. The molecule has 1 N–H and O–H groups in total. The average Bonchev–Trinajstić information content (AvgIpc) is 2.48. The van der Waals surface area contributed by atoms with Crippen molar-refractivity contribution >= 4 is 0 Å². The number of hydrogen-bond donors (Lipinski definition) is 1. The van der Waals surface area contributed by atoms with Crippen LogP contribution in [0.25, 0.3) is 0 Å². The Balaban J connectivity index is 2.11. The summed E-state index contributed by atoms with van der Waals surface area (Å²) in [5, 5.41) is 3.64. The van der Waals surface area contributed by atoms with Crippen molar-refractivity contribution < 1.29 is 0 Å². The third kappa shape index (κ3) is 3.82. The molecule has 0 radical (unpaired) electrons. The summed E-state index contributed by atoms with van der Waals surface area (Å²) < 4.78 is 0. The predicted molar refractivity (Wildman–Crippen MR) is 86.0 cm³/mol. The number of aryl methyl sites for hydroxylation is 1. The minimum absolute atomic E-state index is 0.701. The second-order valence-electron chi connectivity index (χ2n) is 6.39. The molecule has 0 aromatic carbocycles. The van der Waals surface area contributed by atoms with Gasteiger partial charge in [-0.3, -0.25) is 4.98 Å². The summed E-state index contributed by atoms with van der Waals surface area (Å²) in [5.41, 5.74) is 2.91. The van der Waals surface area contributed by atoms with Crippen molar-refractivity contribution in [2.75, 3.05) is 13.1 Å². The van der Waals surface area contributed by atoms with E-state index in [9.17, 15) is 0 Å². The molecule has 2 rings (SSSR count). The first-order valence-electron chi connectivity index (χ1n) is 8.37. The number of aromatic nitrogens is 1. The van der Waals surface area contributed by atoms with Gasteiger partial charge in [-0.1, -0.05) is 26.7 Å². The molecular weight excluding hydrogens is 244 g/mol.